The SMILES string of the molecule is Cc1cc2oc(C(C)C)cc(=O)c2c2c1C=CC(C)(C)O2. The van der Waals surface area contributed by atoms with E-state index in [1.165, 1.54) is 0 Å². The van der Waals surface area contributed by atoms with E-state index in [0.29, 0.717) is 22.5 Å². The van der Waals surface area contributed by atoms with Crippen molar-refractivity contribution in [1.29, 1.82) is 0 Å². The van der Waals surface area contributed by atoms with Crippen molar-refractivity contribution < 1.29 is 9.15 Å². The molecule has 0 saturated heterocycles. The van der Waals surface area contributed by atoms with Crippen LogP contribution in [-0.4, -0.2) is 5.60 Å². The number of ether oxygens (including phenoxy) is 1. The summed E-state index contributed by atoms with van der Waals surface area (Å²) >= 11 is 0. The van der Waals surface area contributed by atoms with Crippen molar-refractivity contribution >= 4 is 17.0 Å². The summed E-state index contributed by atoms with van der Waals surface area (Å²) in [6.45, 7) is 9.98. The van der Waals surface area contributed by atoms with Crippen LogP contribution in [0.4, 0.5) is 0 Å². The highest BCUT2D eigenvalue weighted by Crippen LogP contribution is 2.38. The average Bonchev–Trinajstić information content (AvgIpc) is 2.36. The zero-order valence-corrected chi connectivity index (χ0v) is 13.1. The fraction of sp³-hybridized carbons (Fsp3) is 0.389. The first-order chi connectivity index (χ1) is 9.78. The molecule has 0 aliphatic carbocycles. The Kier molecular flexibility index (Phi) is 2.97. The van der Waals surface area contributed by atoms with E-state index in [1.807, 2.05) is 52.8 Å². The van der Waals surface area contributed by atoms with E-state index in [2.05, 4.69) is 0 Å². The van der Waals surface area contributed by atoms with E-state index in [-0.39, 0.29) is 11.3 Å². The molecule has 0 N–H and O–H groups in total. The molecule has 3 heteroatoms. The molecule has 0 spiro atoms. The fourth-order valence-electron chi connectivity index (χ4n) is 2.62. The third kappa shape index (κ3) is 2.27. The zero-order chi connectivity index (χ0) is 15.4. The van der Waals surface area contributed by atoms with Gasteiger partial charge in [0, 0.05) is 17.5 Å². The van der Waals surface area contributed by atoms with Crippen molar-refractivity contribution in [3.05, 3.63) is 45.3 Å². The van der Waals surface area contributed by atoms with Crippen molar-refractivity contribution in [2.24, 2.45) is 0 Å². The smallest absolute Gasteiger partial charge is 0.196 e. The van der Waals surface area contributed by atoms with Crippen molar-refractivity contribution in [1.82, 2.24) is 0 Å². The quantitative estimate of drug-likeness (QED) is 0.778. The van der Waals surface area contributed by atoms with Crippen molar-refractivity contribution in [3.63, 3.8) is 0 Å². The van der Waals surface area contributed by atoms with Gasteiger partial charge in [0.1, 0.15) is 28.1 Å². The van der Waals surface area contributed by atoms with E-state index in [1.54, 1.807) is 6.07 Å². The van der Waals surface area contributed by atoms with Crippen molar-refractivity contribution in [3.8, 4) is 5.75 Å². The van der Waals surface area contributed by atoms with Gasteiger partial charge in [-0.2, -0.15) is 0 Å². The van der Waals surface area contributed by atoms with Gasteiger partial charge in [0.2, 0.25) is 0 Å². The Labute approximate surface area is 124 Å². The lowest BCUT2D eigenvalue weighted by Crippen LogP contribution is -2.28. The van der Waals surface area contributed by atoms with Crippen LogP contribution in [0.15, 0.2) is 27.4 Å². The van der Waals surface area contributed by atoms with Crippen LogP contribution in [0.2, 0.25) is 0 Å². The Bertz CT molecular complexity index is 807. The lowest BCUT2D eigenvalue weighted by molar-refractivity contribution is 0.161. The first-order valence-electron chi connectivity index (χ1n) is 7.28. The number of aryl methyl sites for hydroxylation is 1. The molecule has 3 rings (SSSR count). The largest absolute Gasteiger partial charge is 0.482 e. The lowest BCUT2D eigenvalue weighted by atomic mass is 9.96. The average molecular weight is 284 g/mol. The Hall–Kier alpha value is -2.03. The molecule has 0 unspecified atom stereocenters. The normalized spacial score (nSPS) is 16.1. The summed E-state index contributed by atoms with van der Waals surface area (Å²) in [7, 11) is 0. The number of hydrogen-bond donors (Lipinski definition) is 0. The molecule has 0 radical (unpaired) electrons. The summed E-state index contributed by atoms with van der Waals surface area (Å²) in [5, 5.41) is 0.539. The van der Waals surface area contributed by atoms with Crippen LogP contribution in [0.5, 0.6) is 5.75 Å². The predicted molar refractivity (Wildman–Crippen MR) is 85.1 cm³/mol. The van der Waals surface area contributed by atoms with Gasteiger partial charge in [-0.1, -0.05) is 19.9 Å². The molecule has 3 nitrogen and oxygen atoms in total. The maximum atomic E-state index is 12.5. The molecular formula is C18H20O3. The van der Waals surface area contributed by atoms with Crippen LogP contribution in [0.25, 0.3) is 17.0 Å². The maximum absolute atomic E-state index is 12.5. The minimum absolute atomic E-state index is 0.0395. The third-order valence-corrected chi connectivity index (χ3v) is 3.82. The number of hydrogen-bond acceptors (Lipinski definition) is 3. The van der Waals surface area contributed by atoms with Gasteiger partial charge in [-0.05, 0) is 38.5 Å². The summed E-state index contributed by atoms with van der Waals surface area (Å²) in [4.78, 5) is 12.5. The standard InChI is InChI=1S/C18H20O3/c1-10(2)14-9-13(19)16-15(20-14)8-11(3)12-6-7-18(4,5)21-17(12)16/h6-10H,1-5H3. The van der Waals surface area contributed by atoms with E-state index in [0.717, 1.165) is 11.1 Å². The van der Waals surface area contributed by atoms with Crippen molar-refractivity contribution in [2.75, 3.05) is 0 Å². The first-order valence-corrected chi connectivity index (χ1v) is 7.28. The van der Waals surface area contributed by atoms with Gasteiger partial charge in [0.15, 0.2) is 5.43 Å². The molecule has 1 aromatic heterocycles. The molecule has 1 aromatic carbocycles. The van der Waals surface area contributed by atoms with Crippen LogP contribution in [-0.2, 0) is 0 Å². The van der Waals surface area contributed by atoms with Gasteiger partial charge in [0.25, 0.3) is 0 Å². The molecule has 0 atom stereocenters. The minimum atomic E-state index is -0.420. The Morgan fingerprint density at radius 2 is 1.90 bits per heavy atom. The molecule has 110 valence electrons. The van der Waals surface area contributed by atoms with Gasteiger partial charge in [-0.3, -0.25) is 4.79 Å². The highest BCUT2D eigenvalue weighted by molar-refractivity contribution is 5.90. The highest BCUT2D eigenvalue weighted by Gasteiger charge is 2.26. The Morgan fingerprint density at radius 1 is 1.19 bits per heavy atom. The molecule has 1 aliphatic rings. The molecule has 0 saturated carbocycles. The summed E-state index contributed by atoms with van der Waals surface area (Å²) in [5.41, 5.74) is 2.16. The first kappa shape index (κ1) is 13.9. The Balaban J connectivity index is 2.39. The summed E-state index contributed by atoms with van der Waals surface area (Å²) < 4.78 is 12.0. The zero-order valence-electron chi connectivity index (χ0n) is 13.1. The number of benzene rings is 1. The topological polar surface area (TPSA) is 39.4 Å². The van der Waals surface area contributed by atoms with Crippen LogP contribution < -0.4 is 10.2 Å². The van der Waals surface area contributed by atoms with Gasteiger partial charge >= 0.3 is 0 Å². The minimum Gasteiger partial charge on any atom is -0.482 e. The van der Waals surface area contributed by atoms with E-state index in [4.69, 9.17) is 9.15 Å². The van der Waals surface area contributed by atoms with Crippen LogP contribution in [0, 0.1) is 6.92 Å². The molecular weight excluding hydrogens is 264 g/mol. The third-order valence-electron chi connectivity index (χ3n) is 3.82. The monoisotopic (exact) mass is 284 g/mol. The molecule has 2 aromatic rings. The number of rotatable bonds is 1. The predicted octanol–water partition coefficient (Wildman–Crippen LogP) is 4.41. The van der Waals surface area contributed by atoms with E-state index in [9.17, 15) is 4.79 Å². The molecule has 0 bridgehead atoms. The van der Waals surface area contributed by atoms with E-state index < -0.39 is 5.60 Å². The summed E-state index contributed by atoms with van der Waals surface area (Å²) in [6, 6.07) is 3.50. The van der Waals surface area contributed by atoms with Gasteiger partial charge in [-0.15, -0.1) is 0 Å². The van der Waals surface area contributed by atoms with Gasteiger partial charge in [0.05, 0.1) is 0 Å². The lowest BCUT2D eigenvalue weighted by Gasteiger charge is -2.29. The van der Waals surface area contributed by atoms with Gasteiger partial charge in [-0.25, -0.2) is 0 Å². The second kappa shape index (κ2) is 4.48. The van der Waals surface area contributed by atoms with Gasteiger partial charge < -0.3 is 9.15 Å². The second-order valence-corrected chi connectivity index (χ2v) is 6.52. The summed E-state index contributed by atoms with van der Waals surface area (Å²) in [5.74, 6) is 1.52. The highest BCUT2D eigenvalue weighted by atomic mass is 16.5. The van der Waals surface area contributed by atoms with E-state index >= 15 is 0 Å². The molecule has 21 heavy (non-hydrogen) atoms. The van der Waals surface area contributed by atoms with Crippen LogP contribution in [0.1, 0.15) is 50.5 Å². The maximum Gasteiger partial charge on any atom is 0.196 e. The number of fused-ring (bicyclic) bond motifs is 3. The van der Waals surface area contributed by atoms with Crippen molar-refractivity contribution in [2.45, 2.75) is 46.1 Å². The van der Waals surface area contributed by atoms with Crippen LogP contribution >= 0.6 is 0 Å². The second-order valence-electron chi connectivity index (χ2n) is 6.52. The molecule has 1 aliphatic heterocycles. The molecule has 0 fully saturated rings. The fourth-order valence-corrected chi connectivity index (χ4v) is 2.62. The molecule has 0 amide bonds. The van der Waals surface area contributed by atoms with Crippen LogP contribution in [0.3, 0.4) is 0 Å². The summed E-state index contributed by atoms with van der Waals surface area (Å²) in [6.07, 6.45) is 4.04. The molecule has 2 heterocycles. The Morgan fingerprint density at radius 3 is 2.57 bits per heavy atom.